The van der Waals surface area contributed by atoms with E-state index in [1.165, 1.54) is 0 Å². The van der Waals surface area contributed by atoms with Crippen LogP contribution >= 0.6 is 24.8 Å². The molecule has 0 spiro atoms. The fourth-order valence-corrected chi connectivity index (χ4v) is 0. The van der Waals surface area contributed by atoms with E-state index >= 15 is 0 Å². The van der Waals surface area contributed by atoms with Crippen LogP contribution in [-0.4, -0.2) is 12.2 Å². The Kier molecular flexibility index (Phi) is 1880. The number of aliphatic hydroxyl groups is 1. The first-order valence-corrected chi connectivity index (χ1v) is 0.447. The maximum absolute atomic E-state index is 7.00. The fraction of sp³-hybridized carbons (Fsp3) is 1.00. The number of halogens is 2. The van der Waals surface area contributed by atoms with Crippen molar-refractivity contribution in [3.63, 3.8) is 0 Å². The molecule has 0 radical (unpaired) electrons. The Bertz CT molecular complexity index is 7.61. The Hall–Kier alpha value is 0.540. The average Bonchev–Trinajstić information content (AvgIpc) is 1.00. The SMILES string of the molecule is C.CO.Cl.Cl. The lowest BCUT2D eigenvalue weighted by molar-refractivity contribution is 0.399. The summed E-state index contributed by atoms with van der Waals surface area (Å²) in [5, 5.41) is 7.00. The third kappa shape index (κ3) is 100. The second kappa shape index (κ2) is 195. The lowest BCUT2D eigenvalue weighted by atomic mass is 11.8. The van der Waals surface area contributed by atoms with E-state index in [0.717, 1.165) is 7.11 Å². The molecule has 0 aromatic heterocycles. The van der Waals surface area contributed by atoms with Gasteiger partial charge >= 0.3 is 0 Å². The van der Waals surface area contributed by atoms with Crippen LogP contribution in [0.5, 0.6) is 0 Å². The predicted molar refractivity (Wildman–Crippen MR) is 29.4 cm³/mol. The molecule has 0 aromatic carbocycles. The number of rotatable bonds is 0. The third-order valence-corrected chi connectivity index (χ3v) is 0. The van der Waals surface area contributed by atoms with Crippen LogP contribution < -0.4 is 0 Å². The van der Waals surface area contributed by atoms with Crippen molar-refractivity contribution in [2.75, 3.05) is 7.11 Å². The molecule has 38 valence electrons. The second-order valence-corrected chi connectivity index (χ2v) is 0. The van der Waals surface area contributed by atoms with E-state index < -0.39 is 0 Å². The van der Waals surface area contributed by atoms with Crippen molar-refractivity contribution in [3.05, 3.63) is 0 Å². The molecule has 0 fully saturated rings. The fourth-order valence-electron chi connectivity index (χ4n) is 0. The average molecular weight is 121 g/mol. The highest BCUT2D eigenvalue weighted by molar-refractivity contribution is 5.85. The zero-order valence-corrected chi connectivity index (χ0v) is 3.90. The molecule has 0 rings (SSSR count). The highest BCUT2D eigenvalue weighted by Gasteiger charge is 0.839. The van der Waals surface area contributed by atoms with Gasteiger partial charge in [0.15, 0.2) is 0 Å². The van der Waals surface area contributed by atoms with Gasteiger partial charge in [-0.3, -0.25) is 0 Å². The van der Waals surface area contributed by atoms with E-state index in [2.05, 4.69) is 0 Å². The Morgan fingerprint density at radius 2 is 1.00 bits per heavy atom. The lowest BCUT2D eigenvalue weighted by Crippen LogP contribution is -1.25. The van der Waals surface area contributed by atoms with Gasteiger partial charge in [-0.2, -0.15) is 0 Å². The molecule has 0 atom stereocenters. The van der Waals surface area contributed by atoms with Crippen molar-refractivity contribution < 1.29 is 5.11 Å². The monoisotopic (exact) mass is 120 g/mol. The smallest absolute Gasteiger partial charge is 0.0319 e. The van der Waals surface area contributed by atoms with Crippen molar-refractivity contribution >= 4 is 24.8 Å². The second-order valence-electron chi connectivity index (χ2n) is 0. The zero-order chi connectivity index (χ0) is 2.00. The summed E-state index contributed by atoms with van der Waals surface area (Å²) in [6.07, 6.45) is 0. The maximum atomic E-state index is 7.00. The zero-order valence-electron chi connectivity index (χ0n) is 2.26. The summed E-state index contributed by atoms with van der Waals surface area (Å²) < 4.78 is 0. The minimum absolute atomic E-state index is 0. The Morgan fingerprint density at radius 3 is 1.00 bits per heavy atom. The summed E-state index contributed by atoms with van der Waals surface area (Å²) in [7, 11) is 1.00. The van der Waals surface area contributed by atoms with E-state index in [9.17, 15) is 0 Å². The van der Waals surface area contributed by atoms with Gasteiger partial charge in [0.05, 0.1) is 0 Å². The Morgan fingerprint density at radius 1 is 1.00 bits per heavy atom. The molecule has 0 aliphatic rings. The molecule has 0 unspecified atom stereocenters. The van der Waals surface area contributed by atoms with Crippen LogP contribution in [-0.2, 0) is 0 Å². The van der Waals surface area contributed by atoms with Crippen LogP contribution in [0, 0.1) is 0 Å². The number of aliphatic hydroxyl groups excluding tert-OH is 1. The van der Waals surface area contributed by atoms with E-state index in [0.29, 0.717) is 0 Å². The van der Waals surface area contributed by atoms with Crippen molar-refractivity contribution in [2.45, 2.75) is 7.43 Å². The molecule has 0 aliphatic heterocycles. The van der Waals surface area contributed by atoms with Crippen LogP contribution in [0.1, 0.15) is 7.43 Å². The van der Waals surface area contributed by atoms with Gasteiger partial charge in [-0.1, -0.05) is 7.43 Å². The third-order valence-electron chi connectivity index (χ3n) is 0. The minimum atomic E-state index is 0. The molecular weight excluding hydrogens is 111 g/mol. The van der Waals surface area contributed by atoms with Crippen LogP contribution in [0.2, 0.25) is 0 Å². The predicted octanol–water partition coefficient (Wildman–Crippen LogP) is 1.09. The lowest BCUT2D eigenvalue weighted by Gasteiger charge is -1.21. The molecule has 1 N–H and O–H groups in total. The number of hydrogen-bond donors (Lipinski definition) is 1. The van der Waals surface area contributed by atoms with Crippen LogP contribution in [0.25, 0.3) is 0 Å². The molecule has 0 aromatic rings. The van der Waals surface area contributed by atoms with Crippen molar-refractivity contribution in [2.24, 2.45) is 0 Å². The van der Waals surface area contributed by atoms with Gasteiger partial charge in [-0.05, 0) is 0 Å². The summed E-state index contributed by atoms with van der Waals surface area (Å²) in [5.41, 5.74) is 0. The first kappa shape index (κ1) is 48.1. The quantitative estimate of drug-likeness (QED) is 0.508. The van der Waals surface area contributed by atoms with Crippen molar-refractivity contribution in [1.82, 2.24) is 0 Å². The molecule has 0 saturated carbocycles. The van der Waals surface area contributed by atoms with Crippen molar-refractivity contribution in [1.29, 1.82) is 0 Å². The summed E-state index contributed by atoms with van der Waals surface area (Å²) in [6.45, 7) is 0. The minimum Gasteiger partial charge on any atom is -0.400 e. The first-order valence-electron chi connectivity index (χ1n) is 0.447. The van der Waals surface area contributed by atoms with E-state index in [-0.39, 0.29) is 32.2 Å². The summed E-state index contributed by atoms with van der Waals surface area (Å²) in [6, 6.07) is 0. The summed E-state index contributed by atoms with van der Waals surface area (Å²) in [4.78, 5) is 0. The van der Waals surface area contributed by atoms with Crippen LogP contribution in [0.4, 0.5) is 0 Å². The number of hydrogen-bond acceptors (Lipinski definition) is 1. The van der Waals surface area contributed by atoms with Crippen LogP contribution in [0.3, 0.4) is 0 Å². The van der Waals surface area contributed by atoms with E-state index in [4.69, 9.17) is 5.11 Å². The topological polar surface area (TPSA) is 20.2 Å². The summed E-state index contributed by atoms with van der Waals surface area (Å²) in [5.74, 6) is 0. The van der Waals surface area contributed by atoms with Gasteiger partial charge in [0.25, 0.3) is 0 Å². The molecule has 0 bridgehead atoms. The normalized spacial score (nSPS) is 1.20. The Labute approximate surface area is 45.2 Å². The largest absolute Gasteiger partial charge is 0.400 e. The highest BCUT2D eigenvalue weighted by Crippen LogP contribution is 0.755. The molecular formula is C2H10Cl2O. The van der Waals surface area contributed by atoms with Gasteiger partial charge in [0, 0.05) is 7.11 Å². The standard InChI is InChI=1S/CH4O.CH4.2ClH/c1-2;;;/h2H,1H3;1H4;2*1H. The molecule has 5 heavy (non-hydrogen) atoms. The Balaban J connectivity index is -0.00000000167. The molecule has 1 nitrogen and oxygen atoms in total. The maximum Gasteiger partial charge on any atom is 0.0319 e. The molecule has 0 saturated heterocycles. The van der Waals surface area contributed by atoms with Gasteiger partial charge in [-0.25, -0.2) is 0 Å². The molecule has 3 heteroatoms. The van der Waals surface area contributed by atoms with E-state index in [1.807, 2.05) is 0 Å². The van der Waals surface area contributed by atoms with Crippen molar-refractivity contribution in [3.8, 4) is 0 Å². The molecule has 0 heterocycles. The van der Waals surface area contributed by atoms with E-state index in [1.54, 1.807) is 0 Å². The molecule has 0 amide bonds. The van der Waals surface area contributed by atoms with Gasteiger partial charge in [0.1, 0.15) is 0 Å². The highest BCUT2D eigenvalue weighted by atomic mass is 35.5. The first-order chi connectivity index (χ1) is 1.00. The van der Waals surface area contributed by atoms with Crippen LogP contribution in [0.15, 0.2) is 0 Å². The van der Waals surface area contributed by atoms with Gasteiger partial charge in [-0.15, -0.1) is 24.8 Å². The summed E-state index contributed by atoms with van der Waals surface area (Å²) >= 11 is 0. The van der Waals surface area contributed by atoms with Gasteiger partial charge < -0.3 is 5.11 Å². The molecule has 0 aliphatic carbocycles. The van der Waals surface area contributed by atoms with Gasteiger partial charge in [0.2, 0.25) is 0 Å².